The molecule has 0 saturated carbocycles. The molecule has 8 heteroatoms. The number of nitro benzene ring substituents is 1. The Bertz CT molecular complexity index is 939. The number of aliphatic hydroxyl groups is 1. The second-order valence-electron chi connectivity index (χ2n) is 5.80. The maximum absolute atomic E-state index is 12.7. The predicted molar refractivity (Wildman–Crippen MR) is 91.2 cm³/mol. The molecule has 2 atom stereocenters. The third kappa shape index (κ3) is 2.66. The number of Topliss-reactive ketones (excluding diaryl/α,β-unsaturated/α-hetero) is 2. The van der Waals surface area contributed by atoms with E-state index in [-0.39, 0.29) is 11.1 Å². The topological polar surface area (TPSA) is 118 Å². The van der Waals surface area contributed by atoms with E-state index in [1.807, 2.05) is 0 Å². The lowest BCUT2D eigenvalue weighted by molar-refractivity contribution is -0.385. The molecule has 1 aliphatic rings. The number of anilines is 1. The van der Waals surface area contributed by atoms with Crippen molar-refractivity contribution >= 4 is 28.8 Å². The van der Waals surface area contributed by atoms with Crippen LogP contribution in [0, 0.1) is 10.1 Å². The van der Waals surface area contributed by atoms with Crippen LogP contribution in [0.4, 0.5) is 11.4 Å². The number of nitrogens with zero attached hydrogens (tertiary/aromatic N) is 2. The Morgan fingerprint density at radius 3 is 2.42 bits per heavy atom. The zero-order valence-electron chi connectivity index (χ0n) is 13.7. The Labute approximate surface area is 147 Å². The Hall–Kier alpha value is -3.39. The van der Waals surface area contributed by atoms with Gasteiger partial charge in [0.05, 0.1) is 16.2 Å². The van der Waals surface area contributed by atoms with E-state index in [0.717, 1.165) is 11.0 Å². The predicted octanol–water partition coefficient (Wildman–Crippen LogP) is 1.76. The number of carbonyl (C=O) groups excluding carboxylic acids is 3. The number of ketones is 2. The van der Waals surface area contributed by atoms with Crippen LogP contribution in [0.1, 0.15) is 27.6 Å². The van der Waals surface area contributed by atoms with Crippen molar-refractivity contribution in [3.63, 3.8) is 0 Å². The molecule has 2 aromatic rings. The van der Waals surface area contributed by atoms with Crippen LogP contribution in [-0.4, -0.2) is 39.6 Å². The van der Waals surface area contributed by atoms with E-state index >= 15 is 0 Å². The molecule has 8 nitrogen and oxygen atoms in total. The molecule has 0 saturated heterocycles. The van der Waals surface area contributed by atoms with Crippen molar-refractivity contribution in [2.45, 2.75) is 19.1 Å². The van der Waals surface area contributed by atoms with Crippen LogP contribution in [0.5, 0.6) is 0 Å². The fraction of sp³-hybridized carbons (Fsp3) is 0.167. The Morgan fingerprint density at radius 2 is 1.77 bits per heavy atom. The van der Waals surface area contributed by atoms with Gasteiger partial charge in [0.25, 0.3) is 5.69 Å². The van der Waals surface area contributed by atoms with Crippen molar-refractivity contribution in [3.05, 3.63) is 69.8 Å². The van der Waals surface area contributed by atoms with E-state index in [2.05, 4.69) is 0 Å². The Kier molecular flexibility index (Phi) is 4.35. The lowest BCUT2D eigenvalue weighted by Crippen LogP contribution is -2.50. The molecule has 1 amide bonds. The van der Waals surface area contributed by atoms with Gasteiger partial charge < -0.3 is 5.11 Å². The normalized spacial score (nSPS) is 16.9. The summed E-state index contributed by atoms with van der Waals surface area (Å²) in [7, 11) is 0. The van der Waals surface area contributed by atoms with Gasteiger partial charge in [0.2, 0.25) is 11.7 Å². The summed E-state index contributed by atoms with van der Waals surface area (Å²) in [6, 6.07) is 9.95. The van der Waals surface area contributed by atoms with Gasteiger partial charge in [0.1, 0.15) is 12.1 Å². The average Bonchev–Trinajstić information content (AvgIpc) is 2.93. The molecule has 1 heterocycles. The van der Waals surface area contributed by atoms with E-state index in [1.54, 1.807) is 12.1 Å². The van der Waals surface area contributed by atoms with E-state index in [1.165, 1.54) is 37.3 Å². The molecular weight excluding hydrogens is 340 g/mol. The first kappa shape index (κ1) is 17.4. The second-order valence-corrected chi connectivity index (χ2v) is 5.80. The molecule has 26 heavy (non-hydrogen) atoms. The quantitative estimate of drug-likeness (QED) is 0.508. The zero-order valence-corrected chi connectivity index (χ0v) is 13.7. The number of nitro groups is 1. The molecule has 132 valence electrons. The summed E-state index contributed by atoms with van der Waals surface area (Å²) in [5, 5.41) is 21.7. The summed E-state index contributed by atoms with van der Waals surface area (Å²) in [6.07, 6.45) is -1.93. The van der Waals surface area contributed by atoms with Gasteiger partial charge in [0, 0.05) is 18.6 Å². The average molecular weight is 354 g/mol. The van der Waals surface area contributed by atoms with Gasteiger partial charge >= 0.3 is 0 Å². The molecule has 0 spiro atoms. The third-order valence-corrected chi connectivity index (χ3v) is 4.25. The van der Waals surface area contributed by atoms with Crippen molar-refractivity contribution in [1.29, 1.82) is 0 Å². The molecule has 3 rings (SSSR count). The number of carbonyl (C=O) groups is 3. The van der Waals surface area contributed by atoms with Crippen molar-refractivity contribution < 1.29 is 24.4 Å². The van der Waals surface area contributed by atoms with Crippen molar-refractivity contribution in [2.75, 3.05) is 4.90 Å². The largest absolute Gasteiger partial charge is 0.382 e. The summed E-state index contributed by atoms with van der Waals surface area (Å²) in [6.45, 7) is 1.21. The standard InChI is InChI=1S/C18H14N2O6/c1-10(21)19-13-8-4-2-6-11(13)16(22)15(19)18(24)17(23)12-7-3-5-9-14(12)20(25)26/h2-9,15,18,24H,1H3. The van der Waals surface area contributed by atoms with Crippen LogP contribution >= 0.6 is 0 Å². The fourth-order valence-corrected chi connectivity index (χ4v) is 3.11. The summed E-state index contributed by atoms with van der Waals surface area (Å²) >= 11 is 0. The number of para-hydroxylation sites is 2. The SMILES string of the molecule is CC(=O)N1c2ccccc2C(=O)C1C(O)C(=O)c1ccccc1[N+](=O)[O-]. The number of fused-ring (bicyclic) bond motifs is 1. The van der Waals surface area contributed by atoms with Crippen molar-refractivity contribution in [3.8, 4) is 0 Å². The molecule has 2 unspecified atom stereocenters. The monoisotopic (exact) mass is 354 g/mol. The maximum atomic E-state index is 12.7. The van der Waals surface area contributed by atoms with Crippen LogP contribution in [0.2, 0.25) is 0 Å². The van der Waals surface area contributed by atoms with Crippen LogP contribution in [0.3, 0.4) is 0 Å². The lowest BCUT2D eigenvalue weighted by atomic mass is 9.95. The number of benzene rings is 2. The smallest absolute Gasteiger partial charge is 0.280 e. The maximum Gasteiger partial charge on any atom is 0.280 e. The molecule has 0 radical (unpaired) electrons. The number of rotatable bonds is 4. The van der Waals surface area contributed by atoms with Gasteiger partial charge in [-0.3, -0.25) is 29.4 Å². The summed E-state index contributed by atoms with van der Waals surface area (Å²) in [5.74, 6) is -2.10. The molecule has 0 fully saturated rings. The number of hydrogen-bond acceptors (Lipinski definition) is 6. The van der Waals surface area contributed by atoms with Crippen LogP contribution in [0.15, 0.2) is 48.5 Å². The molecular formula is C18H14N2O6. The molecule has 0 aliphatic carbocycles. The fourth-order valence-electron chi connectivity index (χ4n) is 3.11. The highest BCUT2D eigenvalue weighted by molar-refractivity contribution is 6.20. The van der Waals surface area contributed by atoms with Gasteiger partial charge in [-0.1, -0.05) is 24.3 Å². The van der Waals surface area contributed by atoms with E-state index in [0.29, 0.717) is 5.69 Å². The van der Waals surface area contributed by atoms with Gasteiger partial charge in [-0.25, -0.2) is 0 Å². The molecule has 2 aromatic carbocycles. The summed E-state index contributed by atoms with van der Waals surface area (Å²) < 4.78 is 0. The van der Waals surface area contributed by atoms with Crippen LogP contribution < -0.4 is 4.90 Å². The van der Waals surface area contributed by atoms with E-state index in [4.69, 9.17) is 0 Å². The first-order valence-corrected chi connectivity index (χ1v) is 7.73. The molecule has 1 N–H and O–H groups in total. The number of aliphatic hydroxyl groups excluding tert-OH is 1. The van der Waals surface area contributed by atoms with E-state index < -0.39 is 40.2 Å². The molecule has 1 aliphatic heterocycles. The van der Waals surface area contributed by atoms with Gasteiger partial charge in [-0.05, 0) is 18.2 Å². The van der Waals surface area contributed by atoms with Gasteiger partial charge in [-0.2, -0.15) is 0 Å². The van der Waals surface area contributed by atoms with Gasteiger partial charge in [0.15, 0.2) is 5.78 Å². The van der Waals surface area contributed by atoms with E-state index in [9.17, 15) is 29.6 Å². The molecule has 0 aromatic heterocycles. The van der Waals surface area contributed by atoms with Crippen molar-refractivity contribution in [1.82, 2.24) is 0 Å². The Balaban J connectivity index is 2.04. The Morgan fingerprint density at radius 1 is 1.15 bits per heavy atom. The second kappa shape index (κ2) is 6.49. The lowest BCUT2D eigenvalue weighted by Gasteiger charge is -2.26. The molecule has 0 bridgehead atoms. The number of hydrogen-bond donors (Lipinski definition) is 1. The highest BCUT2D eigenvalue weighted by Gasteiger charge is 2.46. The van der Waals surface area contributed by atoms with Crippen LogP contribution in [0.25, 0.3) is 0 Å². The minimum absolute atomic E-state index is 0.210. The van der Waals surface area contributed by atoms with Crippen molar-refractivity contribution in [2.24, 2.45) is 0 Å². The summed E-state index contributed by atoms with van der Waals surface area (Å²) in [5.41, 5.74) is -0.294. The first-order chi connectivity index (χ1) is 12.3. The van der Waals surface area contributed by atoms with Gasteiger partial charge in [-0.15, -0.1) is 0 Å². The third-order valence-electron chi connectivity index (χ3n) is 4.25. The zero-order chi connectivity index (χ0) is 19.0. The summed E-state index contributed by atoms with van der Waals surface area (Å²) in [4.78, 5) is 48.8. The minimum atomic E-state index is -1.93. The highest BCUT2D eigenvalue weighted by atomic mass is 16.6. The first-order valence-electron chi connectivity index (χ1n) is 7.73. The van der Waals surface area contributed by atoms with Crippen LogP contribution in [-0.2, 0) is 4.79 Å². The number of amides is 1. The highest BCUT2D eigenvalue weighted by Crippen LogP contribution is 2.34. The minimum Gasteiger partial charge on any atom is -0.382 e.